The third-order valence-corrected chi connectivity index (χ3v) is 6.25. The van der Waals surface area contributed by atoms with E-state index in [1.165, 1.54) is 67.8 Å². The summed E-state index contributed by atoms with van der Waals surface area (Å²) in [4.78, 5) is 24.0. The van der Waals surface area contributed by atoms with Crippen molar-refractivity contribution in [3.05, 3.63) is 94.0 Å². The maximum absolute atomic E-state index is 12.5. The largest absolute Gasteiger partial charge is 0.465 e. The highest BCUT2D eigenvalue weighted by atomic mass is 35.5. The van der Waals surface area contributed by atoms with E-state index in [4.69, 9.17) is 15.8 Å². The van der Waals surface area contributed by atoms with Crippen LogP contribution in [-0.4, -0.2) is 27.4 Å². The van der Waals surface area contributed by atoms with Gasteiger partial charge in [-0.25, -0.2) is 4.79 Å². The molecule has 1 N–H and O–H groups in total. The van der Waals surface area contributed by atoms with Crippen molar-refractivity contribution in [1.82, 2.24) is 0 Å². The van der Waals surface area contributed by atoms with Crippen LogP contribution in [0.5, 0.6) is 5.75 Å². The van der Waals surface area contributed by atoms with Gasteiger partial charge in [0.2, 0.25) is 0 Å². The number of hydrogen-bond acceptors (Lipinski definition) is 7. The number of methoxy groups -OCH3 is 1. The monoisotopic (exact) mass is 510 g/mol. The average molecular weight is 511 g/mol. The minimum atomic E-state index is -4.10. The third kappa shape index (κ3) is 6.47. The number of esters is 1. The molecule has 178 valence electrons. The van der Waals surface area contributed by atoms with Crippen LogP contribution in [0.15, 0.2) is 77.2 Å². The summed E-state index contributed by atoms with van der Waals surface area (Å²) < 4.78 is 34.8. The second kappa shape index (κ2) is 10.9. The van der Waals surface area contributed by atoms with E-state index < -0.39 is 22.0 Å². The van der Waals surface area contributed by atoms with Crippen LogP contribution in [0.2, 0.25) is 5.02 Å². The summed E-state index contributed by atoms with van der Waals surface area (Å²) in [7, 11) is -2.84. The van der Waals surface area contributed by atoms with Gasteiger partial charge in [0.1, 0.15) is 16.5 Å². The molecule has 0 aliphatic rings. The van der Waals surface area contributed by atoms with Crippen molar-refractivity contribution in [3.8, 4) is 11.8 Å². The number of halogens is 1. The number of rotatable bonds is 7. The lowest BCUT2D eigenvalue weighted by Crippen LogP contribution is -2.13. The fourth-order valence-corrected chi connectivity index (χ4v) is 4.09. The molecule has 3 aromatic carbocycles. The number of aryl methyl sites for hydroxylation is 1. The number of carbonyl (C=O) groups excluding carboxylic acids is 2. The second-order valence-electron chi connectivity index (χ2n) is 7.23. The average Bonchev–Trinajstić information content (AvgIpc) is 2.84. The first kappa shape index (κ1) is 25.5. The van der Waals surface area contributed by atoms with Crippen LogP contribution >= 0.6 is 11.6 Å². The van der Waals surface area contributed by atoms with Gasteiger partial charge in [-0.1, -0.05) is 35.4 Å². The smallest absolute Gasteiger partial charge is 0.339 e. The molecular formula is C25H19ClN2O6S. The highest BCUT2D eigenvalue weighted by molar-refractivity contribution is 7.87. The second-order valence-corrected chi connectivity index (χ2v) is 9.19. The van der Waals surface area contributed by atoms with Gasteiger partial charge >= 0.3 is 16.1 Å². The Labute approximate surface area is 207 Å². The number of benzene rings is 3. The summed E-state index contributed by atoms with van der Waals surface area (Å²) in [6.45, 7) is 1.83. The first-order valence-electron chi connectivity index (χ1n) is 10.0. The molecule has 0 atom stereocenters. The fraction of sp³-hybridized carbons (Fsp3) is 0.0800. The van der Waals surface area contributed by atoms with Gasteiger partial charge in [-0.15, -0.1) is 0 Å². The topological polar surface area (TPSA) is 123 Å². The van der Waals surface area contributed by atoms with Crippen molar-refractivity contribution >= 4 is 45.4 Å². The number of hydrogen-bond donors (Lipinski definition) is 1. The predicted molar refractivity (Wildman–Crippen MR) is 130 cm³/mol. The summed E-state index contributed by atoms with van der Waals surface area (Å²) in [6.07, 6.45) is 1.29. The maximum atomic E-state index is 12.5. The molecule has 10 heteroatoms. The van der Waals surface area contributed by atoms with E-state index in [1.54, 1.807) is 12.1 Å². The molecule has 3 rings (SSSR count). The first-order valence-corrected chi connectivity index (χ1v) is 11.8. The lowest BCUT2D eigenvalue weighted by atomic mass is 10.1. The van der Waals surface area contributed by atoms with Crippen molar-refractivity contribution in [2.24, 2.45) is 0 Å². The minimum Gasteiger partial charge on any atom is -0.465 e. The molecule has 1 amide bonds. The standard InChI is InChI=1S/C25H19ClN2O6S/c1-16-3-10-21(11-4-16)35(31,32)34-23-12-5-17(14-22(23)26)13-19(15-27)24(29)28-20-8-6-18(7-9-20)25(30)33-2/h3-14H,1-2H3,(H,28,29)/b19-13+. The normalized spacial score (nSPS) is 11.3. The van der Waals surface area contributed by atoms with Gasteiger partial charge in [-0.3, -0.25) is 4.79 Å². The van der Waals surface area contributed by atoms with Crippen molar-refractivity contribution in [1.29, 1.82) is 5.26 Å². The zero-order valence-corrected chi connectivity index (χ0v) is 20.2. The van der Waals surface area contributed by atoms with E-state index in [9.17, 15) is 23.3 Å². The number of nitriles is 1. The van der Waals surface area contributed by atoms with Crippen molar-refractivity contribution in [3.63, 3.8) is 0 Å². The van der Waals surface area contributed by atoms with Gasteiger partial charge < -0.3 is 14.2 Å². The molecule has 0 spiro atoms. The van der Waals surface area contributed by atoms with Gasteiger partial charge in [-0.05, 0) is 67.1 Å². The SMILES string of the molecule is COC(=O)c1ccc(NC(=O)/C(C#N)=C/c2ccc(OS(=O)(=O)c3ccc(C)cc3)c(Cl)c2)cc1. The molecule has 0 saturated heterocycles. The van der Waals surface area contributed by atoms with E-state index in [1.807, 2.05) is 13.0 Å². The Kier molecular flexibility index (Phi) is 7.91. The number of nitrogens with one attached hydrogen (secondary N) is 1. The molecule has 0 aliphatic heterocycles. The lowest BCUT2D eigenvalue weighted by Gasteiger charge is -2.09. The molecule has 0 heterocycles. The number of anilines is 1. The molecule has 35 heavy (non-hydrogen) atoms. The number of nitrogens with zero attached hydrogens (tertiary/aromatic N) is 1. The Hall–Kier alpha value is -4.13. The lowest BCUT2D eigenvalue weighted by molar-refractivity contribution is -0.112. The third-order valence-electron chi connectivity index (χ3n) is 4.71. The van der Waals surface area contributed by atoms with Crippen LogP contribution in [0.25, 0.3) is 6.08 Å². The molecule has 3 aromatic rings. The quantitative estimate of drug-likeness (QED) is 0.210. The Bertz CT molecular complexity index is 1440. The maximum Gasteiger partial charge on any atom is 0.339 e. The van der Waals surface area contributed by atoms with Crippen molar-refractivity contribution < 1.29 is 26.9 Å². The zero-order chi connectivity index (χ0) is 25.6. The first-order chi connectivity index (χ1) is 16.6. The molecule has 0 radical (unpaired) electrons. The molecule has 0 fully saturated rings. The van der Waals surface area contributed by atoms with Crippen molar-refractivity contribution in [2.45, 2.75) is 11.8 Å². The highest BCUT2D eigenvalue weighted by Crippen LogP contribution is 2.29. The molecular weight excluding hydrogens is 492 g/mol. The summed E-state index contributed by atoms with van der Waals surface area (Å²) in [5, 5.41) is 12.0. The van der Waals surface area contributed by atoms with Crippen LogP contribution in [0, 0.1) is 18.3 Å². The van der Waals surface area contributed by atoms with Crippen LogP contribution < -0.4 is 9.50 Å². The molecule has 0 unspecified atom stereocenters. The molecule has 8 nitrogen and oxygen atoms in total. The van der Waals surface area contributed by atoms with E-state index in [-0.39, 0.29) is 21.2 Å². The summed E-state index contributed by atoms with van der Waals surface area (Å²) >= 11 is 6.20. The van der Waals surface area contributed by atoms with Gasteiger partial charge in [-0.2, -0.15) is 13.7 Å². The Morgan fingerprint density at radius 2 is 1.69 bits per heavy atom. The van der Waals surface area contributed by atoms with Crippen molar-refractivity contribution in [2.75, 3.05) is 12.4 Å². The molecule has 0 saturated carbocycles. The van der Waals surface area contributed by atoms with Crippen LogP contribution in [-0.2, 0) is 19.6 Å². The van der Waals surface area contributed by atoms with Crippen LogP contribution in [0.3, 0.4) is 0 Å². The minimum absolute atomic E-state index is 0.0220. The van der Waals surface area contributed by atoms with E-state index in [0.29, 0.717) is 16.8 Å². The van der Waals surface area contributed by atoms with E-state index >= 15 is 0 Å². The van der Waals surface area contributed by atoms with Gasteiger partial charge in [0, 0.05) is 5.69 Å². The van der Waals surface area contributed by atoms with Crippen LogP contribution in [0.4, 0.5) is 5.69 Å². The van der Waals surface area contributed by atoms with Gasteiger partial charge in [0.15, 0.2) is 5.75 Å². The summed E-state index contributed by atoms with van der Waals surface area (Å²) in [6, 6.07) is 18.1. The predicted octanol–water partition coefficient (Wildman–Crippen LogP) is 4.75. The van der Waals surface area contributed by atoms with Gasteiger partial charge in [0.25, 0.3) is 5.91 Å². The van der Waals surface area contributed by atoms with Crippen LogP contribution in [0.1, 0.15) is 21.5 Å². The Morgan fingerprint density at radius 1 is 1.03 bits per heavy atom. The number of carbonyl (C=O) groups is 2. The van der Waals surface area contributed by atoms with Gasteiger partial charge in [0.05, 0.1) is 17.7 Å². The van der Waals surface area contributed by atoms with E-state index in [0.717, 1.165) is 5.56 Å². The van der Waals surface area contributed by atoms with E-state index in [2.05, 4.69) is 10.1 Å². The zero-order valence-electron chi connectivity index (χ0n) is 18.6. The highest BCUT2D eigenvalue weighted by Gasteiger charge is 2.18. The fourth-order valence-electron chi connectivity index (χ4n) is 2.87. The molecule has 0 aliphatic carbocycles. The molecule has 0 bridgehead atoms. The summed E-state index contributed by atoms with van der Waals surface area (Å²) in [5.41, 5.74) is 1.73. The number of ether oxygens (including phenoxy) is 1. The Morgan fingerprint density at radius 3 is 2.26 bits per heavy atom. The Balaban J connectivity index is 1.76. The molecule has 0 aromatic heterocycles. The summed E-state index contributed by atoms with van der Waals surface area (Å²) in [5.74, 6) is -1.30. The number of amides is 1.